The average Bonchev–Trinajstić information content (AvgIpc) is 3.30. The van der Waals surface area contributed by atoms with Crippen molar-refractivity contribution in [1.82, 2.24) is 15.3 Å². The predicted octanol–water partition coefficient (Wildman–Crippen LogP) is 0.937. The van der Waals surface area contributed by atoms with Gasteiger partial charge in [-0.1, -0.05) is 0 Å². The van der Waals surface area contributed by atoms with Crippen LogP contribution < -0.4 is 10.2 Å². The molecular weight excluding hydrogens is 240 g/mol. The Hall–Kier alpha value is -1.20. The first kappa shape index (κ1) is 12.8. The van der Waals surface area contributed by atoms with E-state index < -0.39 is 0 Å². The van der Waals surface area contributed by atoms with Crippen LogP contribution in [0.5, 0.6) is 0 Å². The van der Waals surface area contributed by atoms with E-state index in [1.165, 1.54) is 12.8 Å². The Kier molecular flexibility index (Phi) is 3.94. The van der Waals surface area contributed by atoms with E-state index in [0.717, 1.165) is 44.0 Å². The third kappa shape index (κ3) is 3.42. The summed E-state index contributed by atoms with van der Waals surface area (Å²) in [6, 6.07) is 0.715. The summed E-state index contributed by atoms with van der Waals surface area (Å²) in [5.74, 6) is 1.17. The highest BCUT2D eigenvalue weighted by Crippen LogP contribution is 2.21. The Morgan fingerprint density at radius 1 is 1.26 bits per heavy atom. The van der Waals surface area contributed by atoms with Crippen LogP contribution in [-0.2, 0) is 6.54 Å². The molecule has 3 rings (SSSR count). The van der Waals surface area contributed by atoms with E-state index >= 15 is 0 Å². The highest BCUT2D eigenvalue weighted by Gasteiger charge is 2.22. The highest BCUT2D eigenvalue weighted by atomic mass is 16.3. The van der Waals surface area contributed by atoms with Gasteiger partial charge in [0.1, 0.15) is 0 Å². The lowest BCUT2D eigenvalue weighted by atomic mass is 9.99. The predicted molar refractivity (Wildman–Crippen MR) is 73.9 cm³/mol. The van der Waals surface area contributed by atoms with Gasteiger partial charge in [0.2, 0.25) is 5.95 Å². The second-order valence-corrected chi connectivity index (χ2v) is 5.68. The SMILES string of the molecule is OCC1CCCN(c2ncc(CNC3CC3)cn2)C1. The zero-order chi connectivity index (χ0) is 13.1. The topological polar surface area (TPSA) is 61.3 Å². The van der Waals surface area contributed by atoms with Crippen LogP contribution in [0.4, 0.5) is 5.95 Å². The van der Waals surface area contributed by atoms with Gasteiger partial charge >= 0.3 is 0 Å². The molecule has 2 fully saturated rings. The highest BCUT2D eigenvalue weighted by molar-refractivity contribution is 5.30. The molecule has 5 heteroatoms. The monoisotopic (exact) mass is 262 g/mol. The summed E-state index contributed by atoms with van der Waals surface area (Å²) in [6.07, 6.45) is 8.65. The Morgan fingerprint density at radius 3 is 2.74 bits per heavy atom. The number of rotatable bonds is 5. The number of aliphatic hydroxyl groups is 1. The summed E-state index contributed by atoms with van der Waals surface area (Å²) in [5.41, 5.74) is 1.14. The molecule has 1 aromatic heterocycles. The third-order valence-electron chi connectivity index (χ3n) is 3.92. The van der Waals surface area contributed by atoms with Gasteiger partial charge in [-0.15, -0.1) is 0 Å². The molecule has 2 heterocycles. The van der Waals surface area contributed by atoms with Crippen molar-refractivity contribution in [1.29, 1.82) is 0 Å². The Labute approximate surface area is 114 Å². The third-order valence-corrected chi connectivity index (χ3v) is 3.92. The Morgan fingerprint density at radius 2 is 2.05 bits per heavy atom. The van der Waals surface area contributed by atoms with Gasteiger partial charge in [-0.2, -0.15) is 0 Å². The normalized spacial score (nSPS) is 23.6. The first-order chi connectivity index (χ1) is 9.35. The molecule has 19 heavy (non-hydrogen) atoms. The molecule has 2 aliphatic rings. The molecule has 1 atom stereocenters. The van der Waals surface area contributed by atoms with E-state index in [9.17, 15) is 5.11 Å². The van der Waals surface area contributed by atoms with Gasteiger partial charge in [-0.3, -0.25) is 0 Å². The number of nitrogens with one attached hydrogen (secondary N) is 1. The first-order valence-electron chi connectivity index (χ1n) is 7.25. The van der Waals surface area contributed by atoms with Crippen LogP contribution in [0.1, 0.15) is 31.2 Å². The maximum Gasteiger partial charge on any atom is 0.225 e. The van der Waals surface area contributed by atoms with E-state index in [-0.39, 0.29) is 6.61 Å². The summed E-state index contributed by atoms with van der Waals surface area (Å²) < 4.78 is 0. The first-order valence-corrected chi connectivity index (χ1v) is 7.25. The van der Waals surface area contributed by atoms with E-state index in [2.05, 4.69) is 20.2 Å². The molecule has 0 amide bonds. The standard InChI is InChI=1S/C14H22N4O/c19-10-11-2-1-5-18(9-11)14-16-7-12(8-17-14)6-15-13-3-4-13/h7-8,11,13,15,19H,1-6,9-10H2. The zero-order valence-electron chi connectivity index (χ0n) is 11.3. The number of nitrogens with zero attached hydrogens (tertiary/aromatic N) is 3. The molecule has 1 saturated carbocycles. The van der Waals surface area contributed by atoms with Crippen LogP contribution in [0, 0.1) is 5.92 Å². The van der Waals surface area contributed by atoms with E-state index in [1.54, 1.807) is 0 Å². The van der Waals surface area contributed by atoms with Gasteiger partial charge in [0.05, 0.1) is 0 Å². The molecule has 1 aliphatic heterocycles. The fraction of sp³-hybridized carbons (Fsp3) is 0.714. The molecule has 0 aromatic carbocycles. The molecule has 0 spiro atoms. The summed E-state index contributed by atoms with van der Waals surface area (Å²) in [7, 11) is 0. The largest absolute Gasteiger partial charge is 0.396 e. The van der Waals surface area contributed by atoms with Crippen LogP contribution >= 0.6 is 0 Å². The summed E-state index contributed by atoms with van der Waals surface area (Å²) in [5, 5.41) is 12.7. The van der Waals surface area contributed by atoms with Crippen LogP contribution in [0.25, 0.3) is 0 Å². The Balaban J connectivity index is 1.57. The van der Waals surface area contributed by atoms with Gasteiger partial charge in [-0.25, -0.2) is 9.97 Å². The number of hydrogen-bond acceptors (Lipinski definition) is 5. The minimum absolute atomic E-state index is 0.264. The van der Waals surface area contributed by atoms with Gasteiger partial charge in [0.15, 0.2) is 0 Å². The zero-order valence-corrected chi connectivity index (χ0v) is 11.3. The maximum absolute atomic E-state index is 9.25. The van der Waals surface area contributed by atoms with Crippen molar-refractivity contribution >= 4 is 5.95 Å². The van der Waals surface area contributed by atoms with Crippen LogP contribution in [0.2, 0.25) is 0 Å². The summed E-state index contributed by atoms with van der Waals surface area (Å²) in [6.45, 7) is 3.00. The van der Waals surface area contributed by atoms with Crippen LogP contribution in [0.3, 0.4) is 0 Å². The lowest BCUT2D eigenvalue weighted by Gasteiger charge is -2.31. The van der Waals surface area contributed by atoms with Crippen LogP contribution in [0.15, 0.2) is 12.4 Å². The van der Waals surface area contributed by atoms with Crippen molar-refractivity contribution in [2.75, 3.05) is 24.6 Å². The number of hydrogen-bond donors (Lipinski definition) is 2. The van der Waals surface area contributed by atoms with E-state index in [1.807, 2.05) is 12.4 Å². The van der Waals surface area contributed by atoms with Gasteiger partial charge in [0.25, 0.3) is 0 Å². The molecular formula is C14H22N4O. The number of anilines is 1. The second-order valence-electron chi connectivity index (χ2n) is 5.68. The van der Waals surface area contributed by atoms with Gasteiger partial charge < -0.3 is 15.3 Å². The van der Waals surface area contributed by atoms with Crippen molar-refractivity contribution in [3.63, 3.8) is 0 Å². The molecule has 1 aromatic rings. The lowest BCUT2D eigenvalue weighted by Crippen LogP contribution is -2.37. The van der Waals surface area contributed by atoms with Crippen molar-refractivity contribution < 1.29 is 5.11 Å². The molecule has 5 nitrogen and oxygen atoms in total. The molecule has 0 bridgehead atoms. The van der Waals surface area contributed by atoms with Crippen molar-refractivity contribution in [3.05, 3.63) is 18.0 Å². The van der Waals surface area contributed by atoms with Crippen molar-refractivity contribution in [3.8, 4) is 0 Å². The molecule has 1 saturated heterocycles. The van der Waals surface area contributed by atoms with E-state index in [4.69, 9.17) is 0 Å². The minimum Gasteiger partial charge on any atom is -0.396 e. The summed E-state index contributed by atoms with van der Waals surface area (Å²) in [4.78, 5) is 11.1. The average molecular weight is 262 g/mol. The second kappa shape index (κ2) is 5.84. The van der Waals surface area contributed by atoms with Gasteiger partial charge in [0, 0.05) is 50.2 Å². The lowest BCUT2D eigenvalue weighted by molar-refractivity contribution is 0.208. The fourth-order valence-corrected chi connectivity index (χ4v) is 2.55. The van der Waals surface area contributed by atoms with Crippen molar-refractivity contribution in [2.45, 2.75) is 38.3 Å². The number of piperidine rings is 1. The van der Waals surface area contributed by atoms with E-state index in [0.29, 0.717) is 12.0 Å². The molecule has 2 N–H and O–H groups in total. The fourth-order valence-electron chi connectivity index (χ4n) is 2.55. The Bertz CT molecular complexity index is 404. The molecule has 0 radical (unpaired) electrons. The maximum atomic E-state index is 9.25. The molecule has 104 valence electrons. The molecule has 1 unspecified atom stereocenters. The quantitative estimate of drug-likeness (QED) is 0.827. The van der Waals surface area contributed by atoms with Crippen LogP contribution in [-0.4, -0.2) is 40.8 Å². The van der Waals surface area contributed by atoms with Crippen molar-refractivity contribution in [2.24, 2.45) is 5.92 Å². The number of aliphatic hydroxyl groups excluding tert-OH is 1. The number of aromatic nitrogens is 2. The summed E-state index contributed by atoms with van der Waals surface area (Å²) >= 11 is 0. The molecule has 1 aliphatic carbocycles. The van der Waals surface area contributed by atoms with Gasteiger partial charge in [-0.05, 0) is 31.6 Å². The smallest absolute Gasteiger partial charge is 0.225 e. The minimum atomic E-state index is 0.264.